The standard InChI is InChI=1S/C17H15N3O5/c1-2-25-17(22)13-9-10-18-15(11-13)19-16(21)8-5-12-3-6-14(7-4-12)20(23)24/h3-11H,2H2,1H3,(H,18,19,21)/b8-5+. The summed E-state index contributed by atoms with van der Waals surface area (Å²) in [6, 6.07) is 8.66. The first-order chi connectivity index (χ1) is 12.0. The number of ether oxygens (including phenoxy) is 1. The molecule has 0 spiro atoms. The predicted octanol–water partition coefficient (Wildman–Crippen LogP) is 2.82. The number of aromatic nitrogens is 1. The minimum Gasteiger partial charge on any atom is -0.462 e. The summed E-state index contributed by atoms with van der Waals surface area (Å²) in [4.78, 5) is 37.6. The molecule has 1 aromatic carbocycles. The third-order valence-electron chi connectivity index (χ3n) is 3.05. The zero-order valence-corrected chi connectivity index (χ0v) is 13.3. The number of anilines is 1. The molecule has 0 atom stereocenters. The number of non-ortho nitro benzene ring substituents is 1. The van der Waals surface area contributed by atoms with Crippen LogP contribution < -0.4 is 5.32 Å². The van der Waals surface area contributed by atoms with Crippen LogP contribution in [-0.4, -0.2) is 28.4 Å². The van der Waals surface area contributed by atoms with E-state index in [4.69, 9.17) is 4.74 Å². The maximum Gasteiger partial charge on any atom is 0.338 e. The number of rotatable bonds is 6. The van der Waals surface area contributed by atoms with Crippen LogP contribution in [0.1, 0.15) is 22.8 Å². The Morgan fingerprint density at radius 3 is 2.64 bits per heavy atom. The van der Waals surface area contributed by atoms with Crippen molar-refractivity contribution in [3.63, 3.8) is 0 Å². The second kappa shape index (κ2) is 8.34. The highest BCUT2D eigenvalue weighted by atomic mass is 16.6. The van der Waals surface area contributed by atoms with Crippen molar-refractivity contribution < 1.29 is 19.2 Å². The molecule has 0 saturated heterocycles. The summed E-state index contributed by atoms with van der Waals surface area (Å²) in [5.41, 5.74) is 0.891. The second-order valence-electron chi connectivity index (χ2n) is 4.82. The molecule has 8 nitrogen and oxygen atoms in total. The van der Waals surface area contributed by atoms with Crippen LogP contribution in [0.5, 0.6) is 0 Å². The molecule has 0 radical (unpaired) electrons. The van der Waals surface area contributed by atoms with Crippen LogP contribution >= 0.6 is 0 Å². The van der Waals surface area contributed by atoms with Crippen molar-refractivity contribution in [2.45, 2.75) is 6.92 Å². The van der Waals surface area contributed by atoms with Gasteiger partial charge in [-0.15, -0.1) is 0 Å². The highest BCUT2D eigenvalue weighted by Gasteiger charge is 2.08. The Labute approximate surface area is 143 Å². The summed E-state index contributed by atoms with van der Waals surface area (Å²) >= 11 is 0. The molecule has 0 aliphatic rings. The molecule has 0 saturated carbocycles. The minimum atomic E-state index is -0.498. The maximum absolute atomic E-state index is 11.9. The molecular formula is C17H15N3O5. The third kappa shape index (κ3) is 5.24. The van der Waals surface area contributed by atoms with Gasteiger partial charge in [-0.25, -0.2) is 9.78 Å². The molecule has 0 bridgehead atoms. The van der Waals surface area contributed by atoms with Crippen LogP contribution in [0.2, 0.25) is 0 Å². The summed E-state index contributed by atoms with van der Waals surface area (Å²) < 4.78 is 4.88. The van der Waals surface area contributed by atoms with Crippen LogP contribution in [0.25, 0.3) is 6.08 Å². The molecule has 2 rings (SSSR count). The van der Waals surface area contributed by atoms with Crippen LogP contribution in [0.3, 0.4) is 0 Å². The van der Waals surface area contributed by atoms with Crippen LogP contribution in [0, 0.1) is 10.1 Å². The summed E-state index contributed by atoms with van der Waals surface area (Å²) in [7, 11) is 0. The van der Waals surface area contributed by atoms with Gasteiger partial charge in [-0.3, -0.25) is 14.9 Å². The van der Waals surface area contributed by atoms with Crippen molar-refractivity contribution in [3.8, 4) is 0 Å². The van der Waals surface area contributed by atoms with E-state index in [1.165, 1.54) is 54.7 Å². The number of nitro groups is 1. The van der Waals surface area contributed by atoms with Gasteiger partial charge in [0.15, 0.2) is 0 Å². The number of hydrogen-bond donors (Lipinski definition) is 1. The van der Waals surface area contributed by atoms with E-state index in [9.17, 15) is 19.7 Å². The van der Waals surface area contributed by atoms with E-state index in [-0.39, 0.29) is 23.7 Å². The van der Waals surface area contributed by atoms with E-state index in [2.05, 4.69) is 10.3 Å². The number of esters is 1. The van der Waals surface area contributed by atoms with Gasteiger partial charge in [0.25, 0.3) is 5.69 Å². The van der Waals surface area contributed by atoms with Crippen molar-refractivity contribution in [2.24, 2.45) is 0 Å². The molecule has 0 fully saturated rings. The number of hydrogen-bond acceptors (Lipinski definition) is 6. The molecule has 1 aromatic heterocycles. The zero-order valence-electron chi connectivity index (χ0n) is 13.3. The molecule has 0 aliphatic heterocycles. The summed E-state index contributed by atoms with van der Waals surface area (Å²) in [5, 5.41) is 13.1. The second-order valence-corrected chi connectivity index (χ2v) is 4.82. The SMILES string of the molecule is CCOC(=O)c1ccnc(NC(=O)/C=C/c2ccc([N+](=O)[O-])cc2)c1. The number of pyridine rings is 1. The lowest BCUT2D eigenvalue weighted by Gasteiger charge is -2.04. The number of nitrogens with one attached hydrogen (secondary N) is 1. The lowest BCUT2D eigenvalue weighted by atomic mass is 10.2. The minimum absolute atomic E-state index is 0.0263. The van der Waals surface area contributed by atoms with Gasteiger partial charge in [-0.05, 0) is 42.8 Å². The molecule has 1 N–H and O–H groups in total. The number of amides is 1. The van der Waals surface area contributed by atoms with Crippen LogP contribution in [0.4, 0.5) is 11.5 Å². The fourth-order valence-corrected chi connectivity index (χ4v) is 1.89. The molecule has 2 aromatic rings. The summed E-state index contributed by atoms with van der Waals surface area (Å²) in [6.45, 7) is 1.95. The molecule has 1 amide bonds. The van der Waals surface area contributed by atoms with Crippen LogP contribution in [-0.2, 0) is 9.53 Å². The Bertz CT molecular complexity index is 815. The van der Waals surface area contributed by atoms with E-state index in [0.717, 1.165) is 0 Å². The van der Waals surface area contributed by atoms with E-state index < -0.39 is 16.8 Å². The van der Waals surface area contributed by atoms with Gasteiger partial charge in [0.1, 0.15) is 5.82 Å². The van der Waals surface area contributed by atoms with Gasteiger partial charge in [0, 0.05) is 24.4 Å². The molecule has 0 aliphatic carbocycles. The Hall–Kier alpha value is -3.55. The van der Waals surface area contributed by atoms with Crippen molar-refractivity contribution in [1.29, 1.82) is 0 Å². The van der Waals surface area contributed by atoms with E-state index in [0.29, 0.717) is 5.56 Å². The van der Waals surface area contributed by atoms with E-state index >= 15 is 0 Å². The first-order valence-electron chi connectivity index (χ1n) is 7.36. The van der Waals surface area contributed by atoms with Crippen molar-refractivity contribution in [3.05, 3.63) is 69.9 Å². The maximum atomic E-state index is 11.9. The number of carbonyl (C=O) groups is 2. The van der Waals surface area contributed by atoms with Gasteiger partial charge < -0.3 is 10.1 Å². The zero-order chi connectivity index (χ0) is 18.2. The Morgan fingerprint density at radius 1 is 1.28 bits per heavy atom. The van der Waals surface area contributed by atoms with Gasteiger partial charge in [0.2, 0.25) is 5.91 Å². The number of nitro benzene ring substituents is 1. The quantitative estimate of drug-likeness (QED) is 0.374. The number of benzene rings is 1. The average molecular weight is 341 g/mol. The lowest BCUT2D eigenvalue weighted by Crippen LogP contribution is -2.11. The first-order valence-corrected chi connectivity index (χ1v) is 7.36. The van der Waals surface area contributed by atoms with Gasteiger partial charge in [-0.1, -0.05) is 0 Å². The first kappa shape index (κ1) is 17.8. The van der Waals surface area contributed by atoms with Crippen molar-refractivity contribution in [2.75, 3.05) is 11.9 Å². The van der Waals surface area contributed by atoms with Crippen molar-refractivity contribution >= 4 is 29.5 Å². The predicted molar refractivity (Wildman–Crippen MR) is 91.0 cm³/mol. The molecule has 1 heterocycles. The molecule has 25 heavy (non-hydrogen) atoms. The molecular weight excluding hydrogens is 326 g/mol. The summed E-state index contributed by atoms with van der Waals surface area (Å²) in [6.07, 6.45) is 4.16. The number of carbonyl (C=O) groups excluding carboxylic acids is 2. The largest absolute Gasteiger partial charge is 0.462 e. The third-order valence-corrected chi connectivity index (χ3v) is 3.05. The van der Waals surface area contributed by atoms with Crippen LogP contribution in [0.15, 0.2) is 48.7 Å². The van der Waals surface area contributed by atoms with Gasteiger partial charge in [-0.2, -0.15) is 0 Å². The lowest BCUT2D eigenvalue weighted by molar-refractivity contribution is -0.384. The topological polar surface area (TPSA) is 111 Å². The normalized spacial score (nSPS) is 10.4. The van der Waals surface area contributed by atoms with Crippen molar-refractivity contribution in [1.82, 2.24) is 4.98 Å². The molecule has 128 valence electrons. The Kier molecular flexibility index (Phi) is 5.94. The summed E-state index contributed by atoms with van der Waals surface area (Å²) in [5.74, 6) is -0.738. The number of nitrogens with zero attached hydrogens (tertiary/aromatic N) is 2. The van der Waals surface area contributed by atoms with Gasteiger partial charge >= 0.3 is 5.97 Å². The highest BCUT2D eigenvalue weighted by Crippen LogP contribution is 2.13. The highest BCUT2D eigenvalue weighted by molar-refractivity contribution is 6.02. The molecule has 8 heteroatoms. The monoisotopic (exact) mass is 341 g/mol. The average Bonchev–Trinajstić information content (AvgIpc) is 2.61. The smallest absolute Gasteiger partial charge is 0.338 e. The molecule has 0 unspecified atom stereocenters. The fourth-order valence-electron chi connectivity index (χ4n) is 1.89. The van der Waals surface area contributed by atoms with Gasteiger partial charge in [0.05, 0.1) is 17.1 Å². The fraction of sp³-hybridized carbons (Fsp3) is 0.118. The van der Waals surface area contributed by atoms with E-state index in [1.54, 1.807) is 6.92 Å². The van der Waals surface area contributed by atoms with E-state index in [1.807, 2.05) is 0 Å². The Morgan fingerprint density at radius 2 is 2.00 bits per heavy atom. The Balaban J connectivity index is 2.01.